The van der Waals surface area contributed by atoms with Gasteiger partial charge in [0.2, 0.25) is 0 Å². The van der Waals surface area contributed by atoms with Crippen molar-refractivity contribution in [2.45, 2.75) is 20.3 Å². The lowest BCUT2D eigenvalue weighted by molar-refractivity contribution is -0.167. The fourth-order valence-electron chi connectivity index (χ4n) is 3.49. The number of hydrogen-bond donors (Lipinski definition) is 0. The van der Waals surface area contributed by atoms with Crippen molar-refractivity contribution in [2.24, 2.45) is 0 Å². The van der Waals surface area contributed by atoms with Gasteiger partial charge in [-0.1, -0.05) is 17.2 Å². The summed E-state index contributed by atoms with van der Waals surface area (Å²) in [5.41, 5.74) is 2.64. The smallest absolute Gasteiger partial charge is 0.329 e. The Kier molecular flexibility index (Phi) is 4.06. The molecule has 0 atom stereocenters. The zero-order chi connectivity index (χ0) is 21.7. The average molecular weight is 418 g/mol. The van der Waals surface area contributed by atoms with E-state index in [4.69, 9.17) is 4.84 Å². The lowest BCUT2D eigenvalue weighted by atomic mass is 10.1. The first kappa shape index (κ1) is 18.5. The minimum Gasteiger partial charge on any atom is -0.329 e. The molecule has 1 aliphatic heterocycles. The van der Waals surface area contributed by atoms with Gasteiger partial charge in [0.1, 0.15) is 0 Å². The lowest BCUT2D eigenvalue weighted by Gasteiger charge is -2.12. The molecule has 1 aliphatic rings. The van der Waals surface area contributed by atoms with E-state index in [-0.39, 0.29) is 17.5 Å². The standard InChI is InChI=1S/C19H14N8O4/c1-10-14(11(2)25(22-10)16-9-20-8-15-21-23-24-26(15)16)7-17(28)31-27-18(29)12-5-3-4-6-13(12)19(27)30/h3-6,8-9H,7H2,1-2H3. The van der Waals surface area contributed by atoms with E-state index < -0.39 is 17.8 Å². The highest BCUT2D eigenvalue weighted by Gasteiger charge is 2.38. The van der Waals surface area contributed by atoms with Crippen molar-refractivity contribution in [1.82, 2.24) is 39.9 Å². The minimum absolute atomic E-state index is 0.190. The second-order valence-electron chi connectivity index (χ2n) is 6.87. The predicted octanol–water partition coefficient (Wildman–Crippen LogP) is 0.619. The monoisotopic (exact) mass is 418 g/mol. The molecule has 2 amide bonds. The fraction of sp³-hybridized carbons (Fsp3) is 0.158. The largest absolute Gasteiger partial charge is 0.337 e. The number of benzene rings is 1. The van der Waals surface area contributed by atoms with Crippen LogP contribution in [0.25, 0.3) is 11.5 Å². The average Bonchev–Trinajstić information content (AvgIpc) is 3.42. The maximum atomic E-state index is 12.6. The van der Waals surface area contributed by atoms with Crippen molar-refractivity contribution in [2.75, 3.05) is 0 Å². The maximum absolute atomic E-state index is 12.6. The van der Waals surface area contributed by atoms with Gasteiger partial charge in [-0.25, -0.2) is 9.48 Å². The van der Waals surface area contributed by atoms with Crippen molar-refractivity contribution in [3.8, 4) is 5.82 Å². The van der Waals surface area contributed by atoms with Crippen LogP contribution in [0.4, 0.5) is 0 Å². The third kappa shape index (κ3) is 2.84. The molecule has 0 unspecified atom stereocenters. The number of amides is 2. The summed E-state index contributed by atoms with van der Waals surface area (Å²) in [6.45, 7) is 3.51. The SMILES string of the molecule is Cc1nn(-c2cncc3nnnn23)c(C)c1CC(=O)ON1C(=O)c2ccccc2C1=O. The van der Waals surface area contributed by atoms with Crippen LogP contribution < -0.4 is 0 Å². The number of hydroxylamine groups is 2. The Bertz CT molecular complexity index is 1350. The van der Waals surface area contributed by atoms with Gasteiger partial charge in [-0.2, -0.15) is 9.61 Å². The van der Waals surface area contributed by atoms with E-state index in [0.717, 1.165) is 0 Å². The van der Waals surface area contributed by atoms with E-state index in [1.54, 1.807) is 36.9 Å². The van der Waals surface area contributed by atoms with Gasteiger partial charge >= 0.3 is 5.97 Å². The Hall–Kier alpha value is -4.48. The quantitative estimate of drug-likeness (QED) is 0.437. The molecule has 5 rings (SSSR count). The second-order valence-corrected chi connectivity index (χ2v) is 6.87. The Balaban J connectivity index is 1.40. The molecule has 3 aromatic heterocycles. The van der Waals surface area contributed by atoms with Crippen molar-refractivity contribution < 1.29 is 19.2 Å². The van der Waals surface area contributed by atoms with E-state index in [1.807, 2.05) is 0 Å². The molecule has 12 nitrogen and oxygen atoms in total. The number of rotatable bonds is 4. The van der Waals surface area contributed by atoms with E-state index in [0.29, 0.717) is 33.5 Å². The first-order chi connectivity index (χ1) is 15.0. The number of carbonyl (C=O) groups is 3. The van der Waals surface area contributed by atoms with Gasteiger partial charge < -0.3 is 4.84 Å². The summed E-state index contributed by atoms with van der Waals surface area (Å²) in [6, 6.07) is 6.29. The Morgan fingerprint density at radius 2 is 1.77 bits per heavy atom. The van der Waals surface area contributed by atoms with E-state index in [2.05, 4.69) is 25.6 Å². The number of imide groups is 1. The zero-order valence-corrected chi connectivity index (χ0v) is 16.4. The topological polar surface area (TPSA) is 137 Å². The highest BCUT2D eigenvalue weighted by Crippen LogP contribution is 2.24. The van der Waals surface area contributed by atoms with Gasteiger partial charge in [0.25, 0.3) is 11.8 Å². The summed E-state index contributed by atoms with van der Waals surface area (Å²) in [6.07, 6.45) is 2.86. The van der Waals surface area contributed by atoms with Crippen molar-refractivity contribution in [3.63, 3.8) is 0 Å². The highest BCUT2D eigenvalue weighted by atomic mass is 16.7. The van der Waals surface area contributed by atoms with Gasteiger partial charge in [-0.3, -0.25) is 14.6 Å². The Labute approximate surface area is 174 Å². The van der Waals surface area contributed by atoms with Gasteiger partial charge in [0.05, 0.1) is 35.6 Å². The van der Waals surface area contributed by atoms with Gasteiger partial charge in [-0.15, -0.1) is 5.10 Å². The van der Waals surface area contributed by atoms with Crippen LogP contribution in [0.1, 0.15) is 37.7 Å². The molecule has 0 bridgehead atoms. The summed E-state index contributed by atoms with van der Waals surface area (Å²) in [4.78, 5) is 46.6. The minimum atomic E-state index is -0.765. The van der Waals surface area contributed by atoms with Crippen molar-refractivity contribution in [1.29, 1.82) is 0 Å². The molecule has 154 valence electrons. The molecular weight excluding hydrogens is 404 g/mol. The van der Waals surface area contributed by atoms with Gasteiger partial charge in [-0.05, 0) is 36.4 Å². The lowest BCUT2D eigenvalue weighted by Crippen LogP contribution is -2.33. The first-order valence-electron chi connectivity index (χ1n) is 9.22. The molecule has 12 heteroatoms. The van der Waals surface area contributed by atoms with Crippen LogP contribution in [-0.4, -0.2) is 57.7 Å². The van der Waals surface area contributed by atoms with Crippen LogP contribution in [0.15, 0.2) is 36.7 Å². The molecule has 4 heterocycles. The predicted molar refractivity (Wildman–Crippen MR) is 102 cm³/mol. The molecule has 0 saturated heterocycles. The van der Waals surface area contributed by atoms with Crippen molar-refractivity contribution in [3.05, 3.63) is 64.7 Å². The molecule has 0 saturated carbocycles. The highest BCUT2D eigenvalue weighted by molar-refractivity contribution is 6.20. The number of nitrogens with zero attached hydrogens (tertiary/aromatic N) is 8. The molecule has 0 fully saturated rings. The number of aromatic nitrogens is 7. The van der Waals surface area contributed by atoms with Crippen LogP contribution in [0.5, 0.6) is 0 Å². The number of fused-ring (bicyclic) bond motifs is 2. The number of hydrogen-bond acceptors (Lipinski definition) is 9. The summed E-state index contributed by atoms with van der Waals surface area (Å²) in [5.74, 6) is -1.62. The van der Waals surface area contributed by atoms with Gasteiger partial charge in [0.15, 0.2) is 11.5 Å². The van der Waals surface area contributed by atoms with Crippen LogP contribution in [-0.2, 0) is 16.1 Å². The second kappa shape index (κ2) is 6.79. The summed E-state index contributed by atoms with van der Waals surface area (Å²) < 4.78 is 3.03. The third-order valence-electron chi connectivity index (χ3n) is 5.02. The zero-order valence-electron chi connectivity index (χ0n) is 16.4. The molecule has 31 heavy (non-hydrogen) atoms. The summed E-state index contributed by atoms with van der Waals surface area (Å²) >= 11 is 0. The molecule has 0 N–H and O–H groups in total. The van der Waals surface area contributed by atoms with Crippen LogP contribution in [0, 0.1) is 13.8 Å². The van der Waals surface area contributed by atoms with E-state index >= 15 is 0 Å². The van der Waals surface area contributed by atoms with Crippen LogP contribution >= 0.6 is 0 Å². The van der Waals surface area contributed by atoms with E-state index in [9.17, 15) is 14.4 Å². The van der Waals surface area contributed by atoms with Crippen molar-refractivity contribution >= 4 is 23.4 Å². The molecule has 0 aliphatic carbocycles. The molecular formula is C19H14N8O4. The van der Waals surface area contributed by atoms with E-state index in [1.165, 1.54) is 22.8 Å². The van der Waals surface area contributed by atoms with Crippen LogP contribution in [0.2, 0.25) is 0 Å². The molecule has 4 aromatic rings. The number of carbonyl (C=O) groups excluding carboxylic acids is 3. The first-order valence-corrected chi connectivity index (χ1v) is 9.22. The fourth-order valence-corrected chi connectivity index (χ4v) is 3.49. The maximum Gasteiger partial charge on any atom is 0.337 e. The summed E-state index contributed by atoms with van der Waals surface area (Å²) in [7, 11) is 0. The molecule has 0 spiro atoms. The Morgan fingerprint density at radius 3 is 2.48 bits per heavy atom. The number of tetrazole rings is 1. The van der Waals surface area contributed by atoms with Gasteiger partial charge in [0, 0.05) is 11.3 Å². The normalized spacial score (nSPS) is 13.2. The molecule has 1 aromatic carbocycles. The number of aryl methyl sites for hydroxylation is 1. The summed E-state index contributed by atoms with van der Waals surface area (Å²) in [5, 5.41) is 16.4. The Morgan fingerprint density at radius 1 is 1.06 bits per heavy atom. The molecule has 0 radical (unpaired) electrons. The van der Waals surface area contributed by atoms with Crippen LogP contribution in [0.3, 0.4) is 0 Å². The third-order valence-corrected chi connectivity index (χ3v) is 5.02.